The van der Waals surface area contributed by atoms with Gasteiger partial charge in [0.05, 0.1) is 18.2 Å². The average molecular weight is 314 g/mol. The first-order chi connectivity index (χ1) is 8.55. The van der Waals surface area contributed by atoms with E-state index in [4.69, 9.17) is 15.2 Å². The van der Waals surface area contributed by atoms with Crippen molar-refractivity contribution in [1.29, 1.82) is 0 Å². The number of hydrogen-bond acceptors (Lipinski definition) is 3. The van der Waals surface area contributed by atoms with E-state index in [1.165, 1.54) is 11.1 Å². The van der Waals surface area contributed by atoms with Crippen LogP contribution in [-0.4, -0.2) is 20.3 Å². The van der Waals surface area contributed by atoms with Gasteiger partial charge in [0.15, 0.2) is 0 Å². The summed E-state index contributed by atoms with van der Waals surface area (Å²) >= 11 is 3.56. The molecule has 1 unspecified atom stereocenters. The molecule has 1 aromatic carbocycles. The van der Waals surface area contributed by atoms with Gasteiger partial charge < -0.3 is 15.2 Å². The Labute approximate surface area is 117 Å². The van der Waals surface area contributed by atoms with Crippen molar-refractivity contribution in [1.82, 2.24) is 0 Å². The zero-order chi connectivity index (χ0) is 13.3. The molecule has 0 saturated heterocycles. The third kappa shape index (κ3) is 2.29. The molecular weight excluding hydrogens is 294 g/mol. The smallest absolute Gasteiger partial charge is 0.133 e. The predicted octanol–water partition coefficient (Wildman–Crippen LogP) is 2.98. The summed E-state index contributed by atoms with van der Waals surface area (Å²) in [5.74, 6) is 0.839. The molecule has 3 nitrogen and oxygen atoms in total. The molecule has 4 heteroatoms. The molecule has 0 spiro atoms. The van der Waals surface area contributed by atoms with Crippen molar-refractivity contribution >= 4 is 15.9 Å². The van der Waals surface area contributed by atoms with E-state index in [-0.39, 0.29) is 11.5 Å². The molecule has 18 heavy (non-hydrogen) atoms. The van der Waals surface area contributed by atoms with Crippen molar-refractivity contribution < 1.29 is 9.47 Å². The lowest BCUT2D eigenvalue weighted by Crippen LogP contribution is -2.32. The normalized spacial score (nSPS) is 18.5. The van der Waals surface area contributed by atoms with Crippen LogP contribution in [0.25, 0.3) is 0 Å². The van der Waals surface area contributed by atoms with E-state index in [1.54, 1.807) is 14.2 Å². The van der Waals surface area contributed by atoms with Crippen LogP contribution in [0.15, 0.2) is 16.6 Å². The number of hydrogen-bond donors (Lipinski definition) is 1. The maximum atomic E-state index is 6.16. The van der Waals surface area contributed by atoms with Crippen molar-refractivity contribution in [3.05, 3.63) is 27.7 Å². The second kappa shape index (κ2) is 5.19. The average Bonchev–Trinajstić information content (AvgIpc) is 3.12. The van der Waals surface area contributed by atoms with Crippen LogP contribution < -0.4 is 10.5 Å². The first-order valence-electron chi connectivity index (χ1n) is 6.16. The largest absolute Gasteiger partial charge is 0.496 e. The van der Waals surface area contributed by atoms with E-state index in [0.717, 1.165) is 23.1 Å². The Morgan fingerprint density at radius 1 is 1.39 bits per heavy atom. The fourth-order valence-electron chi connectivity index (χ4n) is 2.59. The summed E-state index contributed by atoms with van der Waals surface area (Å²) in [6.45, 7) is 2.68. The van der Waals surface area contributed by atoms with E-state index < -0.39 is 0 Å². The highest BCUT2D eigenvalue weighted by atomic mass is 79.9. The molecular formula is C14H20BrNO2. The first-order valence-corrected chi connectivity index (χ1v) is 6.96. The minimum atomic E-state index is 0.128. The van der Waals surface area contributed by atoms with Gasteiger partial charge in [0, 0.05) is 18.6 Å². The summed E-state index contributed by atoms with van der Waals surface area (Å²) in [5, 5.41) is 0. The van der Waals surface area contributed by atoms with Crippen molar-refractivity contribution in [3.63, 3.8) is 0 Å². The highest BCUT2D eigenvalue weighted by Crippen LogP contribution is 2.52. The van der Waals surface area contributed by atoms with Crippen LogP contribution in [0, 0.1) is 0 Å². The Bertz CT molecular complexity index is 442. The fraction of sp³-hybridized carbons (Fsp3) is 0.571. The lowest BCUT2D eigenvalue weighted by atomic mass is 9.86. The molecule has 0 aromatic heterocycles. The van der Waals surface area contributed by atoms with Crippen LogP contribution in [0.1, 0.15) is 30.9 Å². The lowest BCUT2D eigenvalue weighted by molar-refractivity contribution is 0.183. The van der Waals surface area contributed by atoms with Gasteiger partial charge in [0.2, 0.25) is 0 Å². The molecule has 0 radical (unpaired) electrons. The molecule has 100 valence electrons. The third-order valence-electron chi connectivity index (χ3n) is 3.87. The summed E-state index contributed by atoms with van der Waals surface area (Å²) < 4.78 is 11.6. The van der Waals surface area contributed by atoms with Crippen LogP contribution in [0.2, 0.25) is 0 Å². The van der Waals surface area contributed by atoms with E-state index in [1.807, 2.05) is 6.07 Å². The van der Waals surface area contributed by atoms with Gasteiger partial charge in [-0.1, -0.05) is 0 Å². The number of halogens is 1. The van der Waals surface area contributed by atoms with Gasteiger partial charge in [0.25, 0.3) is 0 Å². The molecule has 1 aliphatic carbocycles. The molecule has 0 heterocycles. The molecule has 2 rings (SSSR count). The number of benzene rings is 1. The molecule has 1 aliphatic rings. The van der Waals surface area contributed by atoms with Gasteiger partial charge in [-0.25, -0.2) is 0 Å². The number of methoxy groups -OCH3 is 2. The molecule has 1 aromatic rings. The minimum Gasteiger partial charge on any atom is -0.496 e. The number of rotatable bonds is 5. The number of ether oxygens (including phenoxy) is 2. The van der Waals surface area contributed by atoms with Gasteiger partial charge in [-0.05, 0) is 59.0 Å². The molecule has 0 bridgehead atoms. The van der Waals surface area contributed by atoms with Gasteiger partial charge in [0.1, 0.15) is 5.75 Å². The Hall–Kier alpha value is -0.580. The van der Waals surface area contributed by atoms with Crippen LogP contribution in [0.4, 0.5) is 0 Å². The van der Waals surface area contributed by atoms with E-state index in [2.05, 4.69) is 28.9 Å². The zero-order valence-corrected chi connectivity index (χ0v) is 12.7. The maximum absolute atomic E-state index is 6.16. The topological polar surface area (TPSA) is 44.5 Å². The fourth-order valence-corrected chi connectivity index (χ4v) is 3.10. The molecule has 1 atom stereocenters. The Kier molecular flexibility index (Phi) is 3.99. The van der Waals surface area contributed by atoms with Crippen molar-refractivity contribution in [2.75, 3.05) is 14.2 Å². The first kappa shape index (κ1) is 13.8. The summed E-state index contributed by atoms with van der Waals surface area (Å²) in [6, 6.07) is 4.35. The van der Waals surface area contributed by atoms with Crippen molar-refractivity contribution in [2.45, 2.75) is 37.8 Å². The minimum absolute atomic E-state index is 0.128. The van der Waals surface area contributed by atoms with E-state index in [9.17, 15) is 0 Å². The molecule has 2 N–H and O–H groups in total. The SMILES string of the molecule is COCc1cc(OC)c(Br)cc1C1(C(C)N)CC1. The number of nitrogens with two attached hydrogens (primary N) is 1. The molecule has 0 amide bonds. The Morgan fingerprint density at radius 3 is 2.50 bits per heavy atom. The Balaban J connectivity index is 2.48. The quantitative estimate of drug-likeness (QED) is 0.909. The van der Waals surface area contributed by atoms with Gasteiger partial charge in [-0.15, -0.1) is 0 Å². The second-order valence-corrected chi connectivity index (χ2v) is 5.88. The van der Waals surface area contributed by atoms with Gasteiger partial charge >= 0.3 is 0 Å². The highest BCUT2D eigenvalue weighted by molar-refractivity contribution is 9.10. The lowest BCUT2D eigenvalue weighted by Gasteiger charge is -2.24. The second-order valence-electron chi connectivity index (χ2n) is 5.02. The predicted molar refractivity (Wildman–Crippen MR) is 76.0 cm³/mol. The highest BCUT2D eigenvalue weighted by Gasteiger charge is 2.48. The summed E-state index contributed by atoms with van der Waals surface area (Å²) in [6.07, 6.45) is 2.31. The summed E-state index contributed by atoms with van der Waals surface area (Å²) in [7, 11) is 3.39. The zero-order valence-electron chi connectivity index (χ0n) is 11.1. The van der Waals surface area contributed by atoms with Crippen molar-refractivity contribution in [3.8, 4) is 5.75 Å². The third-order valence-corrected chi connectivity index (χ3v) is 4.49. The molecule has 1 fully saturated rings. The van der Waals surface area contributed by atoms with Crippen molar-refractivity contribution in [2.24, 2.45) is 5.73 Å². The van der Waals surface area contributed by atoms with E-state index >= 15 is 0 Å². The monoisotopic (exact) mass is 313 g/mol. The van der Waals surface area contributed by atoms with Crippen LogP contribution in [-0.2, 0) is 16.8 Å². The molecule has 0 aliphatic heterocycles. The molecule has 1 saturated carbocycles. The summed E-state index contributed by atoms with van der Waals surface area (Å²) in [4.78, 5) is 0. The van der Waals surface area contributed by atoms with Crippen LogP contribution in [0.5, 0.6) is 5.75 Å². The standard InChI is InChI=1S/C14H20BrNO2/c1-9(16)14(4-5-14)11-7-12(15)13(18-3)6-10(11)8-17-2/h6-7,9H,4-5,8,16H2,1-3H3. The Morgan fingerprint density at radius 2 is 2.06 bits per heavy atom. The van der Waals surface area contributed by atoms with E-state index in [0.29, 0.717) is 6.61 Å². The van der Waals surface area contributed by atoms with Crippen LogP contribution in [0.3, 0.4) is 0 Å². The summed E-state index contributed by atoms with van der Waals surface area (Å²) in [5.41, 5.74) is 8.76. The van der Waals surface area contributed by atoms with Gasteiger partial charge in [-0.3, -0.25) is 0 Å². The van der Waals surface area contributed by atoms with Gasteiger partial charge in [-0.2, -0.15) is 0 Å². The maximum Gasteiger partial charge on any atom is 0.133 e. The van der Waals surface area contributed by atoms with Crippen LogP contribution >= 0.6 is 15.9 Å².